The molecule has 0 amide bonds. The Hall–Kier alpha value is -1.81. The van der Waals surface area contributed by atoms with E-state index in [1.54, 1.807) is 24.4 Å². The minimum atomic E-state index is -0.258. The second-order valence-corrected chi connectivity index (χ2v) is 3.07. The van der Waals surface area contributed by atoms with Gasteiger partial charge < -0.3 is 5.73 Å². The molecule has 0 aliphatic carbocycles. The van der Waals surface area contributed by atoms with Crippen LogP contribution in [-0.4, -0.2) is 9.97 Å². The molecule has 4 heteroatoms. The number of benzene rings is 1. The van der Waals surface area contributed by atoms with Crippen molar-refractivity contribution in [1.82, 2.24) is 9.97 Å². The number of hydrogen-bond donors (Lipinski definition) is 1. The van der Waals surface area contributed by atoms with Gasteiger partial charge in [0, 0.05) is 11.8 Å². The highest BCUT2D eigenvalue weighted by Crippen LogP contribution is 2.16. The van der Waals surface area contributed by atoms with Gasteiger partial charge in [-0.15, -0.1) is 0 Å². The average molecular weight is 203 g/mol. The van der Waals surface area contributed by atoms with Gasteiger partial charge in [0.05, 0.1) is 12.2 Å². The lowest BCUT2D eigenvalue weighted by Crippen LogP contribution is -2.02. The molecule has 0 radical (unpaired) electrons. The third-order valence-electron chi connectivity index (χ3n) is 2.03. The summed E-state index contributed by atoms with van der Waals surface area (Å²) in [4.78, 5) is 8.22. The lowest BCUT2D eigenvalue weighted by Gasteiger charge is -2.01. The number of nitrogens with zero attached hydrogens (tertiary/aromatic N) is 2. The van der Waals surface area contributed by atoms with E-state index in [0.717, 1.165) is 11.3 Å². The SMILES string of the molecule is NCc1nccc(-c2ccc(F)cc2)n1. The van der Waals surface area contributed by atoms with Crippen LogP contribution in [0.5, 0.6) is 0 Å². The molecule has 0 spiro atoms. The van der Waals surface area contributed by atoms with Gasteiger partial charge in [-0.1, -0.05) is 0 Å². The fourth-order valence-corrected chi connectivity index (χ4v) is 1.28. The molecule has 0 saturated carbocycles. The summed E-state index contributed by atoms with van der Waals surface area (Å²) in [5.74, 6) is 0.323. The monoisotopic (exact) mass is 203 g/mol. The van der Waals surface area contributed by atoms with E-state index in [-0.39, 0.29) is 5.82 Å². The first-order chi connectivity index (χ1) is 7.29. The van der Waals surface area contributed by atoms with E-state index in [0.29, 0.717) is 12.4 Å². The van der Waals surface area contributed by atoms with Gasteiger partial charge in [0.1, 0.15) is 11.6 Å². The van der Waals surface area contributed by atoms with E-state index < -0.39 is 0 Å². The van der Waals surface area contributed by atoms with Crippen molar-refractivity contribution in [3.63, 3.8) is 0 Å². The van der Waals surface area contributed by atoms with E-state index in [1.165, 1.54) is 12.1 Å². The zero-order valence-electron chi connectivity index (χ0n) is 8.02. The van der Waals surface area contributed by atoms with Gasteiger partial charge in [-0.25, -0.2) is 14.4 Å². The maximum absolute atomic E-state index is 12.7. The Bertz CT molecular complexity index is 454. The fraction of sp³-hybridized carbons (Fsp3) is 0.0909. The molecule has 0 fully saturated rings. The van der Waals surface area contributed by atoms with Crippen LogP contribution in [0.1, 0.15) is 5.82 Å². The molecule has 2 rings (SSSR count). The summed E-state index contributed by atoms with van der Waals surface area (Å²) in [5, 5.41) is 0. The van der Waals surface area contributed by atoms with Crippen LogP contribution in [-0.2, 0) is 6.54 Å². The molecule has 1 aromatic carbocycles. The maximum Gasteiger partial charge on any atom is 0.142 e. The molecule has 0 unspecified atom stereocenters. The van der Waals surface area contributed by atoms with Gasteiger partial charge in [-0.2, -0.15) is 0 Å². The molecule has 3 nitrogen and oxygen atoms in total. The summed E-state index contributed by atoms with van der Waals surface area (Å²) in [7, 11) is 0. The predicted octanol–water partition coefficient (Wildman–Crippen LogP) is 1.74. The lowest BCUT2D eigenvalue weighted by molar-refractivity contribution is 0.628. The summed E-state index contributed by atoms with van der Waals surface area (Å²) in [6, 6.07) is 7.93. The molecular formula is C11H10FN3. The molecule has 15 heavy (non-hydrogen) atoms. The van der Waals surface area contributed by atoms with Gasteiger partial charge >= 0.3 is 0 Å². The van der Waals surface area contributed by atoms with E-state index in [9.17, 15) is 4.39 Å². The molecule has 1 heterocycles. The summed E-state index contributed by atoms with van der Waals surface area (Å²) >= 11 is 0. The summed E-state index contributed by atoms with van der Waals surface area (Å²) in [5.41, 5.74) is 7.05. The molecule has 2 aromatic rings. The van der Waals surface area contributed by atoms with Gasteiger partial charge in [-0.05, 0) is 30.3 Å². The minimum absolute atomic E-state index is 0.258. The minimum Gasteiger partial charge on any atom is -0.324 e. The molecule has 0 bridgehead atoms. The van der Waals surface area contributed by atoms with Crippen molar-refractivity contribution >= 4 is 0 Å². The Labute approximate surface area is 86.8 Å². The van der Waals surface area contributed by atoms with E-state index >= 15 is 0 Å². The first kappa shape index (κ1) is 9.73. The molecule has 1 aromatic heterocycles. The Morgan fingerprint density at radius 3 is 2.53 bits per heavy atom. The van der Waals surface area contributed by atoms with Crippen molar-refractivity contribution in [3.05, 3.63) is 48.2 Å². The first-order valence-corrected chi connectivity index (χ1v) is 4.57. The summed E-state index contributed by atoms with van der Waals surface area (Å²) < 4.78 is 12.7. The Morgan fingerprint density at radius 2 is 1.87 bits per heavy atom. The summed E-state index contributed by atoms with van der Waals surface area (Å²) in [6.07, 6.45) is 1.65. The van der Waals surface area contributed by atoms with Gasteiger partial charge in [0.2, 0.25) is 0 Å². The number of aromatic nitrogens is 2. The van der Waals surface area contributed by atoms with Crippen molar-refractivity contribution in [1.29, 1.82) is 0 Å². The fourth-order valence-electron chi connectivity index (χ4n) is 1.28. The number of hydrogen-bond acceptors (Lipinski definition) is 3. The van der Waals surface area contributed by atoms with Crippen LogP contribution in [0.15, 0.2) is 36.5 Å². The molecule has 0 saturated heterocycles. The highest BCUT2D eigenvalue weighted by Gasteiger charge is 2.00. The number of halogens is 1. The highest BCUT2D eigenvalue weighted by molar-refractivity contribution is 5.58. The maximum atomic E-state index is 12.7. The van der Waals surface area contributed by atoms with E-state index in [2.05, 4.69) is 9.97 Å². The smallest absolute Gasteiger partial charge is 0.142 e. The molecule has 0 aliphatic heterocycles. The molecular weight excluding hydrogens is 193 g/mol. The first-order valence-electron chi connectivity index (χ1n) is 4.57. The van der Waals surface area contributed by atoms with Crippen LogP contribution in [0.25, 0.3) is 11.3 Å². The predicted molar refractivity (Wildman–Crippen MR) is 55.3 cm³/mol. The van der Waals surface area contributed by atoms with Gasteiger partial charge in [0.25, 0.3) is 0 Å². The highest BCUT2D eigenvalue weighted by atomic mass is 19.1. The zero-order valence-corrected chi connectivity index (χ0v) is 8.02. The lowest BCUT2D eigenvalue weighted by atomic mass is 10.1. The van der Waals surface area contributed by atoms with Crippen molar-refractivity contribution < 1.29 is 4.39 Å². The summed E-state index contributed by atoms with van der Waals surface area (Å²) in [6.45, 7) is 0.301. The van der Waals surface area contributed by atoms with Crippen LogP contribution in [0, 0.1) is 5.82 Å². The third-order valence-corrected chi connectivity index (χ3v) is 2.03. The Kier molecular flexibility index (Phi) is 2.69. The normalized spacial score (nSPS) is 10.3. The van der Waals surface area contributed by atoms with Crippen LogP contribution in [0.3, 0.4) is 0 Å². The molecule has 0 aliphatic rings. The van der Waals surface area contributed by atoms with Crippen LogP contribution < -0.4 is 5.73 Å². The van der Waals surface area contributed by atoms with Crippen molar-refractivity contribution in [2.45, 2.75) is 6.54 Å². The molecule has 0 atom stereocenters. The third kappa shape index (κ3) is 2.16. The van der Waals surface area contributed by atoms with Gasteiger partial charge in [0.15, 0.2) is 0 Å². The largest absolute Gasteiger partial charge is 0.324 e. The van der Waals surface area contributed by atoms with Crippen LogP contribution >= 0.6 is 0 Å². The quantitative estimate of drug-likeness (QED) is 0.808. The van der Waals surface area contributed by atoms with E-state index in [4.69, 9.17) is 5.73 Å². The van der Waals surface area contributed by atoms with E-state index in [1.807, 2.05) is 0 Å². The number of nitrogens with two attached hydrogens (primary N) is 1. The standard InChI is InChI=1S/C11H10FN3/c12-9-3-1-8(2-4-9)10-5-6-14-11(7-13)15-10/h1-6H,7,13H2. The second-order valence-electron chi connectivity index (χ2n) is 3.07. The van der Waals surface area contributed by atoms with Crippen LogP contribution in [0.4, 0.5) is 4.39 Å². The van der Waals surface area contributed by atoms with Crippen molar-refractivity contribution in [2.75, 3.05) is 0 Å². The Morgan fingerprint density at radius 1 is 1.13 bits per heavy atom. The van der Waals surface area contributed by atoms with Gasteiger partial charge in [-0.3, -0.25) is 0 Å². The zero-order chi connectivity index (χ0) is 10.7. The Balaban J connectivity index is 2.40. The average Bonchev–Trinajstić information content (AvgIpc) is 2.30. The number of rotatable bonds is 2. The van der Waals surface area contributed by atoms with Crippen molar-refractivity contribution in [2.24, 2.45) is 5.73 Å². The second kappa shape index (κ2) is 4.14. The van der Waals surface area contributed by atoms with Crippen molar-refractivity contribution in [3.8, 4) is 11.3 Å². The topological polar surface area (TPSA) is 51.8 Å². The van der Waals surface area contributed by atoms with Crippen LogP contribution in [0.2, 0.25) is 0 Å². The molecule has 2 N–H and O–H groups in total. The molecule has 76 valence electrons.